The van der Waals surface area contributed by atoms with Gasteiger partial charge in [0.25, 0.3) is 0 Å². The Bertz CT molecular complexity index is 296. The lowest BCUT2D eigenvalue weighted by Crippen LogP contribution is -2.47. The Kier molecular flexibility index (Phi) is 3.74. The molecule has 2 aliphatic heterocycles. The van der Waals surface area contributed by atoms with Gasteiger partial charge in [0.15, 0.2) is 0 Å². The Morgan fingerprint density at radius 3 is 2.94 bits per heavy atom. The number of hydrogen-bond acceptors (Lipinski definition) is 3. The minimum absolute atomic E-state index is 0.100. The largest absolute Gasteiger partial charge is 0.338 e. The molecular formula is C11H18N2O2S. The van der Waals surface area contributed by atoms with Crippen molar-refractivity contribution in [3.05, 3.63) is 0 Å². The van der Waals surface area contributed by atoms with Crippen molar-refractivity contribution in [3.8, 4) is 0 Å². The number of piperidine rings is 1. The number of nitrogens with zero attached hydrogens (tertiary/aromatic N) is 2. The summed E-state index contributed by atoms with van der Waals surface area (Å²) in [6.07, 6.45) is 3.40. The quantitative estimate of drug-likeness (QED) is 0.723. The molecule has 0 N–H and O–H groups in total. The van der Waals surface area contributed by atoms with Crippen molar-refractivity contribution in [3.63, 3.8) is 0 Å². The Hall–Kier alpha value is -0.710. The third-order valence-electron chi connectivity index (χ3n) is 3.27. The first-order valence-electron chi connectivity index (χ1n) is 5.83. The maximum atomic E-state index is 12.0. The third-order valence-corrected chi connectivity index (χ3v) is 4.22. The van der Waals surface area contributed by atoms with Crippen LogP contribution in [0.5, 0.6) is 0 Å². The smallest absolute Gasteiger partial charge is 0.242 e. The molecule has 2 rings (SSSR count). The maximum Gasteiger partial charge on any atom is 0.242 e. The van der Waals surface area contributed by atoms with E-state index in [1.54, 1.807) is 16.7 Å². The van der Waals surface area contributed by atoms with Crippen molar-refractivity contribution in [1.29, 1.82) is 0 Å². The van der Waals surface area contributed by atoms with E-state index in [1.807, 2.05) is 4.90 Å². The third kappa shape index (κ3) is 2.51. The molecule has 0 unspecified atom stereocenters. The lowest BCUT2D eigenvalue weighted by Gasteiger charge is -2.34. The molecule has 0 aromatic rings. The number of rotatable bonds is 2. The van der Waals surface area contributed by atoms with Gasteiger partial charge in [0.2, 0.25) is 11.8 Å². The Balaban J connectivity index is 1.89. The van der Waals surface area contributed by atoms with Gasteiger partial charge in [-0.25, -0.2) is 0 Å². The van der Waals surface area contributed by atoms with E-state index in [4.69, 9.17) is 0 Å². The van der Waals surface area contributed by atoms with Crippen LogP contribution in [-0.2, 0) is 9.59 Å². The molecule has 0 aliphatic carbocycles. The van der Waals surface area contributed by atoms with Crippen LogP contribution in [0.1, 0.15) is 26.2 Å². The molecule has 2 heterocycles. The molecule has 2 amide bonds. The van der Waals surface area contributed by atoms with Gasteiger partial charge >= 0.3 is 0 Å². The normalized spacial score (nSPS) is 26.3. The average Bonchev–Trinajstić information content (AvgIpc) is 2.65. The zero-order valence-electron chi connectivity index (χ0n) is 9.65. The molecular weight excluding hydrogens is 224 g/mol. The predicted molar refractivity (Wildman–Crippen MR) is 64.1 cm³/mol. The van der Waals surface area contributed by atoms with Gasteiger partial charge in [0, 0.05) is 12.6 Å². The van der Waals surface area contributed by atoms with Crippen LogP contribution < -0.4 is 0 Å². The van der Waals surface area contributed by atoms with Crippen molar-refractivity contribution in [2.75, 3.05) is 24.7 Å². The van der Waals surface area contributed by atoms with Crippen LogP contribution in [-0.4, -0.2) is 52.4 Å². The molecule has 0 saturated carbocycles. The fourth-order valence-electron chi connectivity index (χ4n) is 2.26. The van der Waals surface area contributed by atoms with Crippen molar-refractivity contribution >= 4 is 23.6 Å². The van der Waals surface area contributed by atoms with Gasteiger partial charge < -0.3 is 9.80 Å². The van der Waals surface area contributed by atoms with Gasteiger partial charge in [0.05, 0.1) is 11.6 Å². The van der Waals surface area contributed by atoms with Crippen molar-refractivity contribution in [2.24, 2.45) is 0 Å². The van der Waals surface area contributed by atoms with E-state index in [-0.39, 0.29) is 18.4 Å². The van der Waals surface area contributed by atoms with Gasteiger partial charge in [-0.1, -0.05) is 0 Å². The lowest BCUT2D eigenvalue weighted by molar-refractivity contribution is -0.140. The Morgan fingerprint density at radius 2 is 2.31 bits per heavy atom. The molecule has 0 bridgehead atoms. The number of amides is 2. The van der Waals surface area contributed by atoms with Crippen molar-refractivity contribution < 1.29 is 9.59 Å². The van der Waals surface area contributed by atoms with Crippen LogP contribution in [0.2, 0.25) is 0 Å². The van der Waals surface area contributed by atoms with E-state index in [0.29, 0.717) is 17.7 Å². The van der Waals surface area contributed by atoms with Crippen LogP contribution in [0.15, 0.2) is 0 Å². The molecule has 1 atom stereocenters. The zero-order valence-corrected chi connectivity index (χ0v) is 10.5. The van der Waals surface area contributed by atoms with Crippen LogP contribution in [0.4, 0.5) is 0 Å². The highest BCUT2D eigenvalue weighted by molar-refractivity contribution is 8.00. The molecule has 0 aromatic heterocycles. The highest BCUT2D eigenvalue weighted by Crippen LogP contribution is 2.19. The molecule has 90 valence electrons. The average molecular weight is 242 g/mol. The van der Waals surface area contributed by atoms with Gasteiger partial charge in [0.1, 0.15) is 6.54 Å². The fourth-order valence-corrected chi connectivity index (χ4v) is 3.17. The predicted octanol–water partition coefficient (Wildman–Crippen LogP) is 0.920. The van der Waals surface area contributed by atoms with Crippen molar-refractivity contribution in [2.45, 2.75) is 32.2 Å². The summed E-state index contributed by atoms with van der Waals surface area (Å²) in [6, 6.07) is 0.339. The van der Waals surface area contributed by atoms with E-state index < -0.39 is 0 Å². The molecule has 2 aliphatic rings. The molecule has 16 heavy (non-hydrogen) atoms. The second kappa shape index (κ2) is 5.08. The van der Waals surface area contributed by atoms with Crippen molar-refractivity contribution in [1.82, 2.24) is 9.80 Å². The number of carbonyl (C=O) groups excluding carboxylic acids is 2. The summed E-state index contributed by atoms with van der Waals surface area (Å²) in [5.41, 5.74) is 0. The highest BCUT2D eigenvalue weighted by atomic mass is 32.2. The molecule has 2 fully saturated rings. The summed E-state index contributed by atoms with van der Waals surface area (Å²) < 4.78 is 0. The summed E-state index contributed by atoms with van der Waals surface area (Å²) in [6.45, 7) is 3.23. The van der Waals surface area contributed by atoms with Crippen LogP contribution in [0.3, 0.4) is 0 Å². The molecule has 0 radical (unpaired) electrons. The first-order valence-corrected chi connectivity index (χ1v) is 6.99. The van der Waals surface area contributed by atoms with E-state index in [0.717, 1.165) is 19.4 Å². The van der Waals surface area contributed by atoms with Crippen LogP contribution >= 0.6 is 11.8 Å². The Morgan fingerprint density at radius 1 is 1.50 bits per heavy atom. The van der Waals surface area contributed by atoms with E-state index in [9.17, 15) is 9.59 Å². The topological polar surface area (TPSA) is 40.6 Å². The van der Waals surface area contributed by atoms with E-state index in [2.05, 4.69) is 6.92 Å². The summed E-state index contributed by atoms with van der Waals surface area (Å²) >= 11 is 1.59. The van der Waals surface area contributed by atoms with Crippen LogP contribution in [0.25, 0.3) is 0 Å². The van der Waals surface area contributed by atoms with Gasteiger partial charge in [-0.2, -0.15) is 0 Å². The minimum Gasteiger partial charge on any atom is -0.338 e. The summed E-state index contributed by atoms with van der Waals surface area (Å²) in [5.74, 6) is 1.42. The summed E-state index contributed by atoms with van der Waals surface area (Å²) in [4.78, 5) is 27.0. The number of hydrogen-bond donors (Lipinski definition) is 0. The second-order valence-electron chi connectivity index (χ2n) is 4.50. The van der Waals surface area contributed by atoms with E-state index in [1.165, 1.54) is 6.42 Å². The molecule has 5 heteroatoms. The molecule has 4 nitrogen and oxygen atoms in total. The maximum absolute atomic E-state index is 12.0. The monoisotopic (exact) mass is 242 g/mol. The van der Waals surface area contributed by atoms with E-state index >= 15 is 0 Å². The molecule has 0 spiro atoms. The lowest BCUT2D eigenvalue weighted by atomic mass is 10.0. The number of likely N-dealkylation sites (tertiary alicyclic amines) is 1. The second-order valence-corrected chi connectivity index (χ2v) is 5.46. The van der Waals surface area contributed by atoms with Crippen LogP contribution in [0, 0.1) is 0 Å². The standard InChI is InChI=1S/C11H18N2O2S/c1-9-4-2-3-5-13(9)10(14)6-12-8-16-7-11(12)15/h9H,2-8H2,1H3/t9-/m1/s1. The SMILES string of the molecule is C[C@@H]1CCCCN1C(=O)CN1CSCC1=O. The van der Waals surface area contributed by atoms with Gasteiger partial charge in [-0.3, -0.25) is 9.59 Å². The molecule has 2 saturated heterocycles. The molecule has 0 aromatic carbocycles. The number of thioether (sulfide) groups is 1. The highest BCUT2D eigenvalue weighted by Gasteiger charge is 2.28. The van der Waals surface area contributed by atoms with Gasteiger partial charge in [-0.15, -0.1) is 11.8 Å². The first kappa shape index (κ1) is 11.8. The van der Waals surface area contributed by atoms with Gasteiger partial charge in [-0.05, 0) is 26.2 Å². The first-order chi connectivity index (χ1) is 7.68. The fraction of sp³-hybridized carbons (Fsp3) is 0.818. The summed E-state index contributed by atoms with van der Waals surface area (Å²) in [7, 11) is 0. The minimum atomic E-state index is 0.100. The summed E-state index contributed by atoms with van der Waals surface area (Å²) in [5, 5.41) is 0. The zero-order chi connectivity index (χ0) is 11.5. The number of carbonyl (C=O) groups is 2. The Labute approximate surface area is 100 Å².